The molecule has 2 amide bonds. The quantitative estimate of drug-likeness (QED) is 0.341. The van der Waals surface area contributed by atoms with E-state index in [0.29, 0.717) is 16.9 Å². The Morgan fingerprint density at radius 1 is 1.05 bits per heavy atom. The molecule has 1 aliphatic heterocycles. The van der Waals surface area contributed by atoms with Gasteiger partial charge in [-0.3, -0.25) is 9.59 Å². The molecule has 0 bridgehead atoms. The number of hydrogen-bond acceptors (Lipinski definition) is 7. The maximum absolute atomic E-state index is 14.2. The number of ether oxygens (including phenoxy) is 1. The van der Waals surface area contributed by atoms with E-state index in [9.17, 15) is 22.8 Å². The van der Waals surface area contributed by atoms with Gasteiger partial charge in [-0.2, -0.15) is 4.31 Å². The predicted molar refractivity (Wildman–Crippen MR) is 136 cm³/mol. The highest BCUT2D eigenvalue weighted by Crippen LogP contribution is 2.34. The van der Waals surface area contributed by atoms with E-state index in [2.05, 4.69) is 4.74 Å². The molecule has 4 rings (SSSR count). The van der Waals surface area contributed by atoms with E-state index >= 15 is 0 Å². The minimum absolute atomic E-state index is 0.123. The highest BCUT2D eigenvalue weighted by atomic mass is 32.2. The highest BCUT2D eigenvalue weighted by Gasteiger charge is 2.48. The largest absolute Gasteiger partial charge is 0.468 e. The molecule has 3 aromatic rings. The molecule has 0 radical (unpaired) electrons. The lowest BCUT2D eigenvalue weighted by Crippen LogP contribution is -2.45. The van der Waals surface area contributed by atoms with Gasteiger partial charge in [-0.05, 0) is 86.3 Å². The summed E-state index contributed by atoms with van der Waals surface area (Å²) < 4.78 is 39.6. The maximum atomic E-state index is 14.2. The average Bonchev–Trinajstić information content (AvgIpc) is 3.48. The summed E-state index contributed by atoms with van der Waals surface area (Å²) in [5.41, 5.74) is 3.27. The Kier molecular flexibility index (Phi) is 7.07. The van der Waals surface area contributed by atoms with Gasteiger partial charge >= 0.3 is 5.97 Å². The van der Waals surface area contributed by atoms with Crippen LogP contribution >= 0.6 is 0 Å². The van der Waals surface area contributed by atoms with Crippen LogP contribution in [-0.2, 0) is 30.9 Å². The minimum Gasteiger partial charge on any atom is -0.468 e. The molecule has 1 aromatic heterocycles. The Hall–Kier alpha value is -3.76. The first kappa shape index (κ1) is 26.3. The van der Waals surface area contributed by atoms with Gasteiger partial charge in [0.1, 0.15) is 11.8 Å². The number of hydrogen-bond donors (Lipinski definition) is 0. The van der Waals surface area contributed by atoms with Crippen LogP contribution in [-0.4, -0.2) is 43.7 Å². The summed E-state index contributed by atoms with van der Waals surface area (Å²) in [4.78, 5) is 39.5. The van der Waals surface area contributed by atoms with Gasteiger partial charge in [-0.15, -0.1) is 0 Å². The molecule has 1 fully saturated rings. The zero-order valence-corrected chi connectivity index (χ0v) is 22.1. The summed E-state index contributed by atoms with van der Waals surface area (Å²) in [6.45, 7) is 6.91. The first-order chi connectivity index (χ1) is 17.5. The molecule has 0 spiro atoms. The van der Waals surface area contributed by atoms with Crippen LogP contribution < -0.4 is 4.90 Å². The number of aryl methyl sites for hydroxylation is 2. The van der Waals surface area contributed by atoms with E-state index in [1.54, 1.807) is 26.0 Å². The number of imide groups is 1. The van der Waals surface area contributed by atoms with Crippen molar-refractivity contribution < 1.29 is 32.0 Å². The molecule has 0 aliphatic carbocycles. The van der Waals surface area contributed by atoms with E-state index < -0.39 is 33.8 Å². The Morgan fingerprint density at radius 3 is 2.22 bits per heavy atom. The standard InChI is InChI=1S/C27H28N2O7S/c1-16-13-17(2)19(4)25(18(16)3)37(33,34)28(15-22-7-6-12-36-22)23-14-24(30)29(26(23)31)21-10-8-20(9-11-21)27(32)35-5/h6-13,23H,14-15H2,1-5H3. The van der Waals surface area contributed by atoms with Crippen LogP contribution in [0.4, 0.5) is 5.69 Å². The predicted octanol–water partition coefficient (Wildman–Crippen LogP) is 3.82. The van der Waals surface area contributed by atoms with Crippen LogP contribution in [0.2, 0.25) is 0 Å². The van der Waals surface area contributed by atoms with E-state index in [0.717, 1.165) is 20.3 Å². The van der Waals surface area contributed by atoms with E-state index in [-0.39, 0.29) is 29.1 Å². The molecule has 2 heterocycles. The molecule has 37 heavy (non-hydrogen) atoms. The minimum atomic E-state index is -4.24. The van der Waals surface area contributed by atoms with E-state index in [1.807, 2.05) is 19.9 Å². The van der Waals surface area contributed by atoms with Crippen LogP contribution in [0.15, 0.2) is 58.0 Å². The van der Waals surface area contributed by atoms with Crippen molar-refractivity contribution in [2.45, 2.75) is 51.6 Å². The number of sulfonamides is 1. The number of methoxy groups -OCH3 is 1. The summed E-state index contributed by atoms with van der Waals surface area (Å²) in [6.07, 6.45) is 1.09. The molecule has 1 saturated heterocycles. The van der Waals surface area contributed by atoms with Gasteiger partial charge in [-0.25, -0.2) is 18.1 Å². The maximum Gasteiger partial charge on any atom is 0.337 e. The number of anilines is 1. The third-order valence-electron chi connectivity index (χ3n) is 6.77. The molecule has 2 aromatic carbocycles. The third kappa shape index (κ3) is 4.70. The second-order valence-corrected chi connectivity index (χ2v) is 10.9. The Balaban J connectivity index is 1.78. The zero-order chi connectivity index (χ0) is 27.1. The van der Waals surface area contributed by atoms with Crippen LogP contribution in [0.1, 0.15) is 44.8 Å². The Bertz CT molecular complexity index is 1450. The van der Waals surface area contributed by atoms with Gasteiger partial charge < -0.3 is 9.15 Å². The summed E-state index contributed by atoms with van der Waals surface area (Å²) in [5.74, 6) is -1.44. The van der Waals surface area contributed by atoms with E-state index in [1.165, 1.54) is 37.6 Å². The molecule has 1 aliphatic rings. The lowest BCUT2D eigenvalue weighted by molar-refractivity contribution is -0.122. The number of carbonyl (C=O) groups is 3. The summed E-state index contributed by atoms with van der Waals surface area (Å²) in [6, 6.07) is 9.68. The van der Waals surface area contributed by atoms with Crippen molar-refractivity contribution in [3.8, 4) is 0 Å². The molecular weight excluding hydrogens is 496 g/mol. The van der Waals surface area contributed by atoms with Crippen LogP contribution in [0.25, 0.3) is 0 Å². The first-order valence-corrected chi connectivity index (χ1v) is 13.1. The van der Waals surface area contributed by atoms with Crippen molar-refractivity contribution in [1.29, 1.82) is 0 Å². The molecule has 10 heteroatoms. The Morgan fingerprint density at radius 2 is 1.68 bits per heavy atom. The number of nitrogens with zero attached hydrogens (tertiary/aromatic N) is 2. The Labute approximate surface area is 215 Å². The fraction of sp³-hybridized carbons (Fsp3) is 0.296. The monoisotopic (exact) mass is 524 g/mol. The first-order valence-electron chi connectivity index (χ1n) is 11.6. The van der Waals surface area contributed by atoms with Crippen molar-refractivity contribution in [1.82, 2.24) is 4.31 Å². The lowest BCUT2D eigenvalue weighted by atomic mass is 10.0. The van der Waals surface area contributed by atoms with Crippen molar-refractivity contribution >= 4 is 33.5 Å². The second-order valence-electron chi connectivity index (χ2n) is 9.04. The number of esters is 1. The van der Waals surface area contributed by atoms with Gasteiger partial charge in [-0.1, -0.05) is 6.07 Å². The van der Waals surface area contributed by atoms with Crippen LogP contribution in [0, 0.1) is 27.7 Å². The fourth-order valence-corrected chi connectivity index (χ4v) is 6.71. The summed E-state index contributed by atoms with van der Waals surface area (Å²) in [7, 11) is -2.99. The smallest absolute Gasteiger partial charge is 0.337 e. The molecule has 0 saturated carbocycles. The molecule has 1 atom stereocenters. The molecule has 1 unspecified atom stereocenters. The van der Waals surface area contributed by atoms with Crippen LogP contribution in [0.5, 0.6) is 0 Å². The van der Waals surface area contributed by atoms with Crippen LogP contribution in [0.3, 0.4) is 0 Å². The normalized spacial score (nSPS) is 16.1. The number of benzene rings is 2. The molecule has 0 N–H and O–H groups in total. The van der Waals surface area contributed by atoms with Crippen molar-refractivity contribution in [2.75, 3.05) is 12.0 Å². The van der Waals surface area contributed by atoms with Gasteiger partial charge in [0.2, 0.25) is 15.9 Å². The average molecular weight is 525 g/mol. The summed E-state index contributed by atoms with van der Waals surface area (Å²) in [5, 5.41) is 0. The lowest BCUT2D eigenvalue weighted by Gasteiger charge is -2.28. The van der Waals surface area contributed by atoms with Crippen molar-refractivity contribution in [2.24, 2.45) is 0 Å². The van der Waals surface area contributed by atoms with Gasteiger partial charge in [0.15, 0.2) is 0 Å². The molecule has 9 nitrogen and oxygen atoms in total. The second kappa shape index (κ2) is 9.95. The van der Waals surface area contributed by atoms with Gasteiger partial charge in [0.25, 0.3) is 5.91 Å². The third-order valence-corrected chi connectivity index (χ3v) is 8.90. The number of rotatable bonds is 7. The van der Waals surface area contributed by atoms with Crippen molar-refractivity contribution in [3.63, 3.8) is 0 Å². The van der Waals surface area contributed by atoms with E-state index in [4.69, 9.17) is 4.42 Å². The van der Waals surface area contributed by atoms with Gasteiger partial charge in [0.05, 0.1) is 42.5 Å². The highest BCUT2D eigenvalue weighted by molar-refractivity contribution is 7.89. The molecular formula is C27H28N2O7S. The zero-order valence-electron chi connectivity index (χ0n) is 21.3. The SMILES string of the molecule is COC(=O)c1ccc(N2C(=O)CC(N(Cc3ccco3)S(=O)(=O)c3c(C)c(C)cc(C)c3C)C2=O)cc1. The number of carbonyl (C=O) groups excluding carboxylic acids is 3. The number of amides is 2. The number of furan rings is 1. The van der Waals surface area contributed by atoms with Gasteiger partial charge in [0, 0.05) is 0 Å². The fourth-order valence-electron chi connectivity index (χ4n) is 4.58. The summed E-state index contributed by atoms with van der Waals surface area (Å²) >= 11 is 0. The topological polar surface area (TPSA) is 114 Å². The van der Waals surface area contributed by atoms with Crippen molar-refractivity contribution in [3.05, 3.63) is 82.3 Å². The molecule has 194 valence electrons.